The van der Waals surface area contributed by atoms with E-state index < -0.39 is 0 Å². The number of thiocarbonyl (C=S) groups is 3. The number of hydrogen-bond donors (Lipinski definition) is 4. The van der Waals surface area contributed by atoms with Crippen LogP contribution in [0.25, 0.3) is 0 Å². The summed E-state index contributed by atoms with van der Waals surface area (Å²) in [5.41, 5.74) is 6.11. The molecule has 0 aromatic heterocycles. The van der Waals surface area contributed by atoms with Crippen molar-refractivity contribution in [2.24, 2.45) is 5.73 Å². The molecule has 0 saturated heterocycles. The Bertz CT molecular complexity index is 505. The molecule has 0 aliphatic carbocycles. The normalized spacial score (nSPS) is 9.81. The average molecular weight is 345 g/mol. The Balaban J connectivity index is 2.28. The first-order valence-corrected chi connectivity index (χ1v) is 7.52. The van der Waals surface area contributed by atoms with Crippen molar-refractivity contribution in [3.05, 3.63) is 35.6 Å². The van der Waals surface area contributed by atoms with Gasteiger partial charge < -0.3 is 21.7 Å². The van der Waals surface area contributed by atoms with Gasteiger partial charge in [-0.05, 0) is 24.3 Å². The number of halogens is 1. The molecule has 114 valence electrons. The van der Waals surface area contributed by atoms with Gasteiger partial charge in [-0.25, -0.2) is 4.39 Å². The summed E-state index contributed by atoms with van der Waals surface area (Å²) in [5.74, 6) is -0.294. The quantitative estimate of drug-likeness (QED) is 0.548. The molecular weight excluding hydrogens is 327 g/mol. The fraction of sp³-hybridized carbons (Fsp3) is 0.308. The van der Waals surface area contributed by atoms with Gasteiger partial charge >= 0.3 is 0 Å². The molecule has 4 nitrogen and oxygen atoms in total. The van der Waals surface area contributed by atoms with Gasteiger partial charge in [0.05, 0.1) is 23.1 Å². The molecule has 21 heavy (non-hydrogen) atoms. The van der Waals surface area contributed by atoms with Crippen LogP contribution in [0.15, 0.2) is 24.3 Å². The minimum Gasteiger partial charge on any atom is -0.377 e. The predicted octanol–water partition coefficient (Wildman–Crippen LogP) is 0.884. The van der Waals surface area contributed by atoms with Crippen molar-refractivity contribution in [1.82, 2.24) is 16.0 Å². The highest BCUT2D eigenvalue weighted by Gasteiger charge is 2.03. The lowest BCUT2D eigenvalue weighted by molar-refractivity contribution is 0.628. The lowest BCUT2D eigenvalue weighted by Gasteiger charge is -2.12. The van der Waals surface area contributed by atoms with E-state index in [2.05, 4.69) is 16.0 Å². The first-order chi connectivity index (χ1) is 10.0. The summed E-state index contributed by atoms with van der Waals surface area (Å²) in [7, 11) is 0. The Labute approximate surface area is 139 Å². The van der Waals surface area contributed by atoms with Gasteiger partial charge in [0.1, 0.15) is 10.8 Å². The standard InChI is InChI=1S/C13H17FN4S3/c14-10-3-1-9(2-4-10)13(21)18-8-12(20)17-7-11(19)16-6-5-15/h1-4H,5-8,15H2,(H,16,19)(H,17,20)(H,18,21). The van der Waals surface area contributed by atoms with Crippen LogP contribution in [0.5, 0.6) is 0 Å². The SMILES string of the molecule is NCCNC(=S)CNC(=S)CNC(=S)c1ccc(F)cc1. The highest BCUT2D eigenvalue weighted by atomic mass is 32.1. The van der Waals surface area contributed by atoms with E-state index in [4.69, 9.17) is 42.4 Å². The van der Waals surface area contributed by atoms with Crippen LogP contribution in [0.2, 0.25) is 0 Å². The largest absolute Gasteiger partial charge is 0.377 e. The zero-order valence-electron chi connectivity index (χ0n) is 11.3. The number of hydrogen-bond acceptors (Lipinski definition) is 4. The van der Waals surface area contributed by atoms with Crippen LogP contribution < -0.4 is 21.7 Å². The van der Waals surface area contributed by atoms with Crippen molar-refractivity contribution in [2.45, 2.75) is 0 Å². The van der Waals surface area contributed by atoms with Crippen LogP contribution in [0.1, 0.15) is 5.56 Å². The van der Waals surface area contributed by atoms with E-state index in [9.17, 15) is 4.39 Å². The van der Waals surface area contributed by atoms with E-state index in [-0.39, 0.29) is 5.82 Å². The van der Waals surface area contributed by atoms with Gasteiger partial charge in [0.2, 0.25) is 0 Å². The number of benzene rings is 1. The zero-order chi connectivity index (χ0) is 15.7. The van der Waals surface area contributed by atoms with Gasteiger partial charge in [-0.2, -0.15) is 0 Å². The van der Waals surface area contributed by atoms with Crippen molar-refractivity contribution in [3.63, 3.8) is 0 Å². The summed E-state index contributed by atoms with van der Waals surface area (Å²) in [6.45, 7) is 2.02. The van der Waals surface area contributed by atoms with Gasteiger partial charge in [-0.1, -0.05) is 36.7 Å². The molecule has 0 fully saturated rings. The first kappa shape index (κ1) is 17.8. The second-order valence-electron chi connectivity index (χ2n) is 4.10. The van der Waals surface area contributed by atoms with Crippen molar-refractivity contribution in [1.29, 1.82) is 0 Å². The van der Waals surface area contributed by atoms with Crippen LogP contribution in [0.4, 0.5) is 4.39 Å². The minimum atomic E-state index is -0.294. The van der Waals surface area contributed by atoms with Crippen molar-refractivity contribution < 1.29 is 4.39 Å². The average Bonchev–Trinajstić information content (AvgIpc) is 2.49. The van der Waals surface area contributed by atoms with Gasteiger partial charge in [-0.15, -0.1) is 0 Å². The Kier molecular flexibility index (Phi) is 8.21. The van der Waals surface area contributed by atoms with Crippen molar-refractivity contribution >= 4 is 51.6 Å². The molecule has 0 saturated carbocycles. The fourth-order valence-corrected chi connectivity index (χ4v) is 1.91. The highest BCUT2D eigenvalue weighted by Crippen LogP contribution is 2.03. The summed E-state index contributed by atoms with van der Waals surface area (Å²) in [5, 5.41) is 9.01. The van der Waals surface area contributed by atoms with E-state index in [1.54, 1.807) is 12.1 Å². The third-order valence-electron chi connectivity index (χ3n) is 2.43. The maximum atomic E-state index is 12.8. The van der Waals surface area contributed by atoms with Gasteiger partial charge in [0, 0.05) is 18.7 Å². The zero-order valence-corrected chi connectivity index (χ0v) is 13.8. The lowest BCUT2D eigenvalue weighted by atomic mass is 10.2. The molecule has 0 unspecified atom stereocenters. The molecule has 0 aliphatic heterocycles. The maximum absolute atomic E-state index is 12.8. The molecule has 5 N–H and O–H groups in total. The Morgan fingerprint density at radius 1 is 0.952 bits per heavy atom. The molecular formula is C13H17FN4S3. The minimum absolute atomic E-state index is 0.294. The third-order valence-corrected chi connectivity index (χ3v) is 3.39. The Hall–Kier alpha value is -1.22. The van der Waals surface area contributed by atoms with E-state index in [0.717, 1.165) is 5.56 Å². The smallest absolute Gasteiger partial charge is 0.123 e. The van der Waals surface area contributed by atoms with Gasteiger partial charge in [0.15, 0.2) is 0 Å². The monoisotopic (exact) mass is 344 g/mol. The van der Waals surface area contributed by atoms with Gasteiger partial charge in [-0.3, -0.25) is 0 Å². The molecule has 8 heteroatoms. The molecule has 0 radical (unpaired) electrons. The van der Waals surface area contributed by atoms with Crippen LogP contribution in [0.3, 0.4) is 0 Å². The van der Waals surface area contributed by atoms with E-state index >= 15 is 0 Å². The molecule has 0 heterocycles. The van der Waals surface area contributed by atoms with E-state index in [1.807, 2.05) is 0 Å². The van der Waals surface area contributed by atoms with Gasteiger partial charge in [0.25, 0.3) is 0 Å². The summed E-state index contributed by atoms with van der Waals surface area (Å²) in [6.07, 6.45) is 0. The fourth-order valence-electron chi connectivity index (χ4n) is 1.38. The van der Waals surface area contributed by atoms with Crippen LogP contribution in [-0.4, -0.2) is 41.1 Å². The van der Waals surface area contributed by atoms with E-state index in [1.165, 1.54) is 12.1 Å². The van der Waals surface area contributed by atoms with E-state index in [0.29, 0.717) is 41.1 Å². The third kappa shape index (κ3) is 7.37. The van der Waals surface area contributed by atoms with Crippen LogP contribution >= 0.6 is 36.7 Å². The molecule has 1 aromatic carbocycles. The molecule has 0 spiro atoms. The summed E-state index contributed by atoms with van der Waals surface area (Å²) < 4.78 is 12.8. The second kappa shape index (κ2) is 9.67. The number of nitrogens with two attached hydrogens (primary N) is 1. The van der Waals surface area contributed by atoms with Crippen LogP contribution in [0, 0.1) is 5.82 Å². The first-order valence-electron chi connectivity index (χ1n) is 6.30. The molecule has 0 amide bonds. The Morgan fingerprint density at radius 3 is 2.14 bits per heavy atom. The molecule has 1 aromatic rings. The van der Waals surface area contributed by atoms with Crippen molar-refractivity contribution in [3.8, 4) is 0 Å². The number of rotatable bonds is 7. The maximum Gasteiger partial charge on any atom is 0.123 e. The summed E-state index contributed by atoms with van der Waals surface area (Å²) in [6, 6.07) is 5.96. The number of nitrogens with one attached hydrogen (secondary N) is 3. The topological polar surface area (TPSA) is 62.1 Å². The highest BCUT2D eigenvalue weighted by molar-refractivity contribution is 7.81. The summed E-state index contributed by atoms with van der Waals surface area (Å²) >= 11 is 15.5. The molecule has 0 bridgehead atoms. The van der Waals surface area contributed by atoms with Crippen LogP contribution in [-0.2, 0) is 0 Å². The molecule has 0 aliphatic rings. The molecule has 1 rings (SSSR count). The van der Waals surface area contributed by atoms with Crippen molar-refractivity contribution in [2.75, 3.05) is 26.2 Å². The molecule has 0 atom stereocenters. The Morgan fingerprint density at radius 2 is 1.52 bits per heavy atom. The summed E-state index contributed by atoms with van der Waals surface area (Å²) in [4.78, 5) is 1.77. The predicted molar refractivity (Wildman–Crippen MR) is 96.4 cm³/mol. The lowest BCUT2D eigenvalue weighted by Crippen LogP contribution is -2.41. The second-order valence-corrected chi connectivity index (χ2v) is 5.50.